The molecule has 0 aromatic heterocycles. The third-order valence-corrected chi connectivity index (χ3v) is 4.02. The Morgan fingerprint density at radius 2 is 1.30 bits per heavy atom. The molecule has 0 radical (unpaired) electrons. The van der Waals surface area contributed by atoms with Gasteiger partial charge in [0, 0.05) is 6.61 Å². The van der Waals surface area contributed by atoms with Crippen molar-refractivity contribution in [3.05, 3.63) is 71.8 Å². The molecule has 0 heterocycles. The van der Waals surface area contributed by atoms with Gasteiger partial charge in [0.15, 0.2) is 6.10 Å². The first kappa shape index (κ1) is 21.4. The molecule has 0 fully saturated rings. The Kier molecular flexibility index (Phi) is 8.24. The maximum atomic E-state index is 13.1. The molecule has 2 N–H and O–H groups in total. The van der Waals surface area contributed by atoms with Crippen LogP contribution in [0.5, 0.6) is 0 Å². The number of benzene rings is 2. The van der Waals surface area contributed by atoms with E-state index in [4.69, 9.17) is 9.47 Å². The van der Waals surface area contributed by atoms with Crippen molar-refractivity contribution < 1.29 is 32.9 Å². The second kappa shape index (κ2) is 10.4. The highest BCUT2D eigenvalue weighted by Crippen LogP contribution is 2.28. The normalized spacial score (nSPS) is 15.3. The minimum atomic E-state index is -4.87. The summed E-state index contributed by atoms with van der Waals surface area (Å²) in [5.74, 6) is 0. The fraction of sp³-hybridized carbons (Fsp3) is 0.400. The predicted octanol–water partition coefficient (Wildman–Crippen LogP) is 3.46. The van der Waals surface area contributed by atoms with E-state index in [1.807, 2.05) is 6.07 Å². The number of aliphatic hydroxyl groups excluding tert-OH is 2. The molecule has 0 aliphatic rings. The van der Waals surface area contributed by atoms with Gasteiger partial charge in [0.2, 0.25) is 0 Å². The zero-order chi connectivity index (χ0) is 19.7. The molecular formula is C20H23F3O4. The lowest BCUT2D eigenvalue weighted by Crippen LogP contribution is -2.49. The zero-order valence-corrected chi connectivity index (χ0v) is 14.7. The van der Waals surface area contributed by atoms with E-state index >= 15 is 0 Å². The molecule has 2 aromatic carbocycles. The van der Waals surface area contributed by atoms with Crippen LogP contribution in [0.15, 0.2) is 60.7 Å². The summed E-state index contributed by atoms with van der Waals surface area (Å²) in [7, 11) is 0. The van der Waals surface area contributed by atoms with E-state index in [0.717, 1.165) is 5.56 Å². The molecule has 4 nitrogen and oxygen atoms in total. The molecule has 2 rings (SSSR count). The van der Waals surface area contributed by atoms with Crippen LogP contribution >= 0.6 is 0 Å². The van der Waals surface area contributed by atoms with Gasteiger partial charge < -0.3 is 19.7 Å². The molecule has 148 valence electrons. The summed E-state index contributed by atoms with van der Waals surface area (Å²) in [6, 6.07) is 17.6. The topological polar surface area (TPSA) is 58.9 Å². The van der Waals surface area contributed by atoms with Gasteiger partial charge in [0.25, 0.3) is 0 Å². The molecule has 0 amide bonds. The smallest absolute Gasteiger partial charge is 0.396 e. The van der Waals surface area contributed by atoms with Gasteiger partial charge >= 0.3 is 6.18 Å². The Balaban J connectivity index is 2.12. The predicted molar refractivity (Wildman–Crippen MR) is 93.8 cm³/mol. The first-order chi connectivity index (χ1) is 12.9. The van der Waals surface area contributed by atoms with Crippen LogP contribution in [0, 0.1) is 0 Å². The van der Waals surface area contributed by atoms with Crippen molar-refractivity contribution in [2.75, 3.05) is 6.61 Å². The quantitative estimate of drug-likeness (QED) is 0.659. The summed E-state index contributed by atoms with van der Waals surface area (Å²) in [5, 5.41) is 19.1. The molecule has 27 heavy (non-hydrogen) atoms. The van der Waals surface area contributed by atoms with Crippen molar-refractivity contribution in [3.8, 4) is 0 Å². The number of rotatable bonds is 10. The molecular weight excluding hydrogens is 361 g/mol. The van der Waals surface area contributed by atoms with Crippen molar-refractivity contribution in [3.63, 3.8) is 0 Å². The van der Waals surface area contributed by atoms with Gasteiger partial charge in [-0.15, -0.1) is 0 Å². The van der Waals surface area contributed by atoms with E-state index in [-0.39, 0.29) is 19.6 Å². The van der Waals surface area contributed by atoms with Crippen LogP contribution in [0.3, 0.4) is 0 Å². The fourth-order valence-electron chi connectivity index (χ4n) is 2.60. The lowest BCUT2D eigenvalue weighted by Gasteiger charge is -2.32. The molecule has 0 saturated heterocycles. The summed E-state index contributed by atoms with van der Waals surface area (Å²) < 4.78 is 50.4. The van der Waals surface area contributed by atoms with Crippen molar-refractivity contribution in [2.24, 2.45) is 0 Å². The van der Waals surface area contributed by atoms with Gasteiger partial charge in [-0.2, -0.15) is 13.2 Å². The first-order valence-corrected chi connectivity index (χ1v) is 8.58. The molecule has 0 unspecified atom stereocenters. The molecule has 0 spiro atoms. The maximum absolute atomic E-state index is 13.1. The lowest BCUT2D eigenvalue weighted by molar-refractivity contribution is -0.257. The summed E-state index contributed by atoms with van der Waals surface area (Å²) >= 11 is 0. The molecule has 0 bridgehead atoms. The van der Waals surface area contributed by atoms with Gasteiger partial charge in [0.05, 0.1) is 19.3 Å². The highest BCUT2D eigenvalue weighted by Gasteiger charge is 2.47. The minimum Gasteiger partial charge on any atom is -0.396 e. The molecule has 2 aromatic rings. The lowest BCUT2D eigenvalue weighted by atomic mass is 10.0. The molecule has 0 aliphatic carbocycles. The summed E-state index contributed by atoms with van der Waals surface area (Å²) in [6.07, 6.45) is -10.5. The average Bonchev–Trinajstić information content (AvgIpc) is 2.67. The van der Waals surface area contributed by atoms with E-state index in [0.29, 0.717) is 5.56 Å². The van der Waals surface area contributed by atoms with Crippen molar-refractivity contribution >= 4 is 0 Å². The summed E-state index contributed by atoms with van der Waals surface area (Å²) in [4.78, 5) is 0. The zero-order valence-electron chi connectivity index (χ0n) is 14.7. The number of alkyl halides is 3. The second-order valence-electron chi connectivity index (χ2n) is 6.10. The van der Waals surface area contributed by atoms with Crippen LogP contribution in [0.2, 0.25) is 0 Å². The minimum absolute atomic E-state index is 0.0429. The highest BCUT2D eigenvalue weighted by atomic mass is 19.4. The molecule has 3 atom stereocenters. The van der Waals surface area contributed by atoms with Crippen molar-refractivity contribution in [2.45, 2.75) is 44.1 Å². The maximum Gasteiger partial charge on any atom is 0.417 e. The van der Waals surface area contributed by atoms with Crippen LogP contribution in [0.25, 0.3) is 0 Å². The largest absolute Gasteiger partial charge is 0.417 e. The van der Waals surface area contributed by atoms with Crippen LogP contribution < -0.4 is 0 Å². The van der Waals surface area contributed by atoms with Gasteiger partial charge in [-0.3, -0.25) is 0 Å². The van der Waals surface area contributed by atoms with Crippen LogP contribution in [0.1, 0.15) is 17.5 Å². The van der Waals surface area contributed by atoms with Gasteiger partial charge in [-0.1, -0.05) is 60.7 Å². The Hall–Kier alpha value is -1.93. The van der Waals surface area contributed by atoms with Gasteiger partial charge in [-0.25, -0.2) is 0 Å². The number of hydrogen-bond acceptors (Lipinski definition) is 4. The molecule has 0 aliphatic heterocycles. The Morgan fingerprint density at radius 3 is 1.74 bits per heavy atom. The third kappa shape index (κ3) is 6.95. The second-order valence-corrected chi connectivity index (χ2v) is 6.10. The van der Waals surface area contributed by atoms with E-state index in [9.17, 15) is 23.4 Å². The third-order valence-electron chi connectivity index (χ3n) is 4.02. The van der Waals surface area contributed by atoms with E-state index < -0.39 is 31.1 Å². The van der Waals surface area contributed by atoms with E-state index in [2.05, 4.69) is 0 Å². The van der Waals surface area contributed by atoms with E-state index in [1.165, 1.54) is 0 Å². The number of hydrogen-bond donors (Lipinski definition) is 2. The van der Waals surface area contributed by atoms with Crippen LogP contribution in [-0.2, 0) is 22.7 Å². The standard InChI is InChI=1S/C20H23F3O4/c21-20(22,23)19(25)18(27-14-16-9-5-2-6-10-16)17(11-12-24)26-13-15-7-3-1-4-8-15/h1-10,17-19,24-25H,11-14H2/t17-,18-,19+/m0/s1. The summed E-state index contributed by atoms with van der Waals surface area (Å²) in [5.41, 5.74) is 1.44. The Bertz CT molecular complexity index is 649. The average molecular weight is 384 g/mol. The Morgan fingerprint density at radius 1 is 0.815 bits per heavy atom. The Labute approximate surface area is 156 Å². The SMILES string of the molecule is OCC[C@H](OCc1ccccc1)[C@H](OCc1ccccc1)[C@@H](O)C(F)(F)F. The van der Waals surface area contributed by atoms with E-state index in [1.54, 1.807) is 54.6 Å². The number of ether oxygens (including phenoxy) is 2. The number of aliphatic hydroxyl groups is 2. The summed E-state index contributed by atoms with van der Waals surface area (Å²) in [6.45, 7) is -0.466. The highest BCUT2D eigenvalue weighted by molar-refractivity contribution is 5.14. The molecule has 0 saturated carbocycles. The van der Waals surface area contributed by atoms with Crippen LogP contribution in [0.4, 0.5) is 13.2 Å². The number of halogens is 3. The van der Waals surface area contributed by atoms with Crippen LogP contribution in [-0.4, -0.2) is 41.3 Å². The monoisotopic (exact) mass is 384 g/mol. The van der Waals surface area contributed by atoms with Gasteiger partial charge in [-0.05, 0) is 17.5 Å². The van der Waals surface area contributed by atoms with Crippen molar-refractivity contribution in [1.29, 1.82) is 0 Å². The molecule has 7 heteroatoms. The first-order valence-electron chi connectivity index (χ1n) is 8.58. The van der Waals surface area contributed by atoms with Crippen molar-refractivity contribution in [1.82, 2.24) is 0 Å². The van der Waals surface area contributed by atoms with Gasteiger partial charge in [0.1, 0.15) is 6.10 Å². The fourth-order valence-corrected chi connectivity index (χ4v) is 2.60.